The van der Waals surface area contributed by atoms with Crippen molar-refractivity contribution >= 4 is 35.2 Å². The summed E-state index contributed by atoms with van der Waals surface area (Å²) in [4.78, 5) is 0.781. The van der Waals surface area contributed by atoms with Gasteiger partial charge in [0, 0.05) is 28.7 Å². The number of halogens is 2. The fourth-order valence-corrected chi connectivity index (χ4v) is 2.07. The fraction of sp³-hybridized carbons (Fsp3) is 0.250. The zero-order valence-corrected chi connectivity index (χ0v) is 8.59. The molecule has 0 aliphatic carbocycles. The van der Waals surface area contributed by atoms with E-state index in [4.69, 9.17) is 27.8 Å². The second-order valence-electron chi connectivity index (χ2n) is 2.25. The van der Waals surface area contributed by atoms with E-state index >= 15 is 0 Å². The van der Waals surface area contributed by atoms with Gasteiger partial charge in [0.1, 0.15) is 0 Å². The molecule has 1 rings (SSSR count). The highest BCUT2D eigenvalue weighted by Gasteiger charge is 2.05. The normalized spacial score (nSPS) is 10.2. The van der Waals surface area contributed by atoms with E-state index in [1.54, 1.807) is 0 Å². The van der Waals surface area contributed by atoms with Crippen LogP contribution in [0.1, 0.15) is 11.1 Å². The van der Waals surface area contributed by atoms with Crippen LogP contribution in [0.3, 0.4) is 0 Å². The second-order valence-corrected chi connectivity index (χ2v) is 3.41. The number of hydrogen-bond donors (Lipinski definition) is 1. The van der Waals surface area contributed by atoms with Gasteiger partial charge in [-0.25, -0.2) is 0 Å². The summed E-state index contributed by atoms with van der Waals surface area (Å²) in [5.41, 5.74) is 1.90. The Morgan fingerprint density at radius 1 is 1.25 bits per heavy atom. The van der Waals surface area contributed by atoms with Crippen LogP contribution in [-0.2, 0) is 11.8 Å². The maximum absolute atomic E-state index is 8.88. The van der Waals surface area contributed by atoms with Gasteiger partial charge in [0.25, 0.3) is 0 Å². The third-order valence-electron chi connectivity index (χ3n) is 1.61. The second kappa shape index (κ2) is 4.97. The number of alkyl halides is 2. The molecule has 0 atom stereocenters. The van der Waals surface area contributed by atoms with Crippen LogP contribution in [-0.4, -0.2) is 4.55 Å². The molecule has 1 N–H and O–H groups in total. The summed E-state index contributed by atoms with van der Waals surface area (Å²) >= 11 is 12.1. The van der Waals surface area contributed by atoms with Gasteiger partial charge in [-0.15, -0.1) is 23.2 Å². The van der Waals surface area contributed by atoms with Crippen molar-refractivity contribution in [2.45, 2.75) is 16.7 Å². The van der Waals surface area contributed by atoms with Crippen LogP contribution in [0.15, 0.2) is 23.1 Å². The van der Waals surface area contributed by atoms with Gasteiger partial charge < -0.3 is 4.55 Å². The topological polar surface area (TPSA) is 20.2 Å². The summed E-state index contributed by atoms with van der Waals surface area (Å²) < 4.78 is 8.88. The maximum atomic E-state index is 8.88. The highest BCUT2D eigenvalue weighted by molar-refractivity contribution is 7.93. The van der Waals surface area contributed by atoms with E-state index in [1.165, 1.54) is 0 Å². The van der Waals surface area contributed by atoms with Gasteiger partial charge in [0.15, 0.2) is 0 Å². The average Bonchev–Trinajstić information content (AvgIpc) is 2.16. The van der Waals surface area contributed by atoms with Crippen molar-refractivity contribution in [1.82, 2.24) is 0 Å². The van der Waals surface area contributed by atoms with E-state index < -0.39 is 0 Å². The highest BCUT2D eigenvalue weighted by atomic mass is 35.5. The number of rotatable bonds is 3. The Morgan fingerprint density at radius 3 is 2.50 bits per heavy atom. The lowest BCUT2D eigenvalue weighted by Gasteiger charge is -2.06. The Balaban J connectivity index is 3.13. The summed E-state index contributed by atoms with van der Waals surface area (Å²) in [6.45, 7) is 0. The van der Waals surface area contributed by atoms with Crippen molar-refractivity contribution in [3.8, 4) is 0 Å². The van der Waals surface area contributed by atoms with Crippen molar-refractivity contribution in [2.75, 3.05) is 0 Å². The van der Waals surface area contributed by atoms with E-state index in [-0.39, 0.29) is 0 Å². The molecule has 4 heteroatoms. The van der Waals surface area contributed by atoms with Crippen LogP contribution < -0.4 is 0 Å². The van der Waals surface area contributed by atoms with Crippen molar-refractivity contribution in [3.63, 3.8) is 0 Å². The van der Waals surface area contributed by atoms with Crippen molar-refractivity contribution in [2.24, 2.45) is 0 Å². The van der Waals surface area contributed by atoms with Gasteiger partial charge in [-0.1, -0.05) is 12.1 Å². The molecule has 0 unspecified atom stereocenters. The molecule has 0 saturated heterocycles. The minimum absolute atomic E-state index is 0.381. The Kier molecular flexibility index (Phi) is 4.22. The third-order valence-corrected chi connectivity index (χ3v) is 2.74. The van der Waals surface area contributed by atoms with E-state index in [9.17, 15) is 0 Å². The first-order chi connectivity index (χ1) is 5.83. The average molecular weight is 223 g/mol. The molecule has 0 saturated carbocycles. The molecule has 0 bridgehead atoms. The van der Waals surface area contributed by atoms with E-state index in [1.807, 2.05) is 18.2 Å². The Morgan fingerprint density at radius 2 is 2.00 bits per heavy atom. The molecule has 0 aliphatic heterocycles. The highest BCUT2D eigenvalue weighted by Crippen LogP contribution is 2.25. The van der Waals surface area contributed by atoms with Gasteiger partial charge >= 0.3 is 0 Å². The molecular weight excluding hydrogens is 215 g/mol. The lowest BCUT2D eigenvalue weighted by atomic mass is 10.1. The quantitative estimate of drug-likeness (QED) is 0.622. The molecule has 0 spiro atoms. The molecular formula is C8H8Cl2OS. The molecule has 0 heterocycles. The Hall–Kier alpha value is 0.110. The number of hydrogen-bond acceptors (Lipinski definition) is 2. The lowest BCUT2D eigenvalue weighted by molar-refractivity contribution is 0.663. The predicted octanol–water partition coefficient (Wildman–Crippen LogP) is 3.73. The lowest BCUT2D eigenvalue weighted by Crippen LogP contribution is -1.90. The third kappa shape index (κ3) is 2.07. The van der Waals surface area contributed by atoms with E-state index in [0.29, 0.717) is 23.8 Å². The van der Waals surface area contributed by atoms with Crippen LogP contribution in [0, 0.1) is 0 Å². The monoisotopic (exact) mass is 222 g/mol. The maximum Gasteiger partial charge on any atom is 0.0489 e. The largest absolute Gasteiger partial charge is 0.325 e. The summed E-state index contributed by atoms with van der Waals surface area (Å²) in [7, 11) is 0. The molecule has 0 fully saturated rings. The van der Waals surface area contributed by atoms with E-state index in [0.717, 1.165) is 16.0 Å². The Bertz CT molecular complexity index is 243. The minimum atomic E-state index is 0.381. The standard InChI is InChI=1S/C8H8Cl2OS/c9-4-6-2-1-3-8(12-11)7(6)5-10/h1-3,11H,4-5H2. The van der Waals surface area contributed by atoms with Gasteiger partial charge in [0.05, 0.1) is 0 Å². The van der Waals surface area contributed by atoms with Crippen LogP contribution >= 0.6 is 35.2 Å². The first-order valence-corrected chi connectivity index (χ1v) is 5.21. The van der Waals surface area contributed by atoms with Crippen LogP contribution in [0.2, 0.25) is 0 Å². The summed E-state index contributed by atoms with van der Waals surface area (Å²) in [5.74, 6) is 0.808. The van der Waals surface area contributed by atoms with Crippen molar-refractivity contribution in [3.05, 3.63) is 29.3 Å². The van der Waals surface area contributed by atoms with Gasteiger partial charge in [-0.2, -0.15) is 0 Å². The predicted molar refractivity (Wildman–Crippen MR) is 54.0 cm³/mol. The molecule has 0 aromatic heterocycles. The smallest absolute Gasteiger partial charge is 0.0489 e. The van der Waals surface area contributed by atoms with Gasteiger partial charge in [-0.05, 0) is 17.2 Å². The molecule has 12 heavy (non-hydrogen) atoms. The molecule has 0 aliphatic rings. The van der Waals surface area contributed by atoms with Crippen molar-refractivity contribution in [1.29, 1.82) is 0 Å². The van der Waals surface area contributed by atoms with Gasteiger partial charge in [-0.3, -0.25) is 0 Å². The van der Waals surface area contributed by atoms with Crippen LogP contribution in [0.4, 0.5) is 0 Å². The summed E-state index contributed by atoms with van der Waals surface area (Å²) in [5, 5.41) is 0. The molecule has 1 aromatic rings. The first kappa shape index (κ1) is 10.2. The Labute approximate surface area is 85.9 Å². The molecule has 0 radical (unpaired) electrons. The molecule has 0 amide bonds. The minimum Gasteiger partial charge on any atom is -0.325 e. The molecule has 1 aromatic carbocycles. The fourth-order valence-electron chi connectivity index (χ4n) is 0.973. The van der Waals surface area contributed by atoms with Crippen molar-refractivity contribution < 1.29 is 4.55 Å². The van der Waals surface area contributed by atoms with Crippen LogP contribution in [0.5, 0.6) is 0 Å². The summed E-state index contributed by atoms with van der Waals surface area (Å²) in [6, 6.07) is 5.58. The SMILES string of the molecule is OSc1cccc(CCl)c1CCl. The first-order valence-electron chi connectivity index (χ1n) is 3.37. The number of benzene rings is 1. The van der Waals surface area contributed by atoms with Gasteiger partial charge in [0.2, 0.25) is 0 Å². The van der Waals surface area contributed by atoms with Crippen LogP contribution in [0.25, 0.3) is 0 Å². The zero-order chi connectivity index (χ0) is 8.97. The molecule has 66 valence electrons. The van der Waals surface area contributed by atoms with E-state index in [2.05, 4.69) is 0 Å². The molecule has 1 nitrogen and oxygen atoms in total. The zero-order valence-electron chi connectivity index (χ0n) is 6.26. The summed E-state index contributed by atoms with van der Waals surface area (Å²) in [6.07, 6.45) is 0.